The van der Waals surface area contributed by atoms with Crippen LogP contribution in [-0.2, 0) is 24.3 Å². The van der Waals surface area contributed by atoms with Crippen molar-refractivity contribution in [2.45, 2.75) is 33.4 Å². The number of hydrogen-bond donors (Lipinski definition) is 1. The normalized spacial score (nSPS) is 11.0. The maximum Gasteiger partial charge on any atom is 0.293 e. The molecule has 0 bridgehead atoms. The molecule has 0 saturated carbocycles. The molecule has 1 N–H and O–H groups in total. The number of nitrogens with zero attached hydrogens (tertiary/aromatic N) is 5. The summed E-state index contributed by atoms with van der Waals surface area (Å²) in [7, 11) is 0. The minimum Gasteiger partial charge on any atom is -0.350 e. The molecule has 152 valence electrons. The Morgan fingerprint density at radius 2 is 1.90 bits per heavy atom. The van der Waals surface area contributed by atoms with Crippen LogP contribution < -0.4 is 10.9 Å². The van der Waals surface area contributed by atoms with Crippen molar-refractivity contribution in [2.75, 3.05) is 0 Å². The molecule has 0 aliphatic heterocycles. The molecule has 0 aliphatic rings. The SMILES string of the molecule is CCc1ccc(-c2cc3c(=O)n(CC(=O)NCc4cccnc4)nc(C)n3n2)cc1. The highest BCUT2D eigenvalue weighted by molar-refractivity contribution is 5.75. The van der Waals surface area contributed by atoms with E-state index in [1.54, 1.807) is 31.5 Å². The number of hydrogen-bond acceptors (Lipinski definition) is 5. The second-order valence-corrected chi connectivity index (χ2v) is 7.03. The number of carbonyl (C=O) groups excluding carboxylic acids is 1. The van der Waals surface area contributed by atoms with Gasteiger partial charge in [-0.3, -0.25) is 14.6 Å². The number of fused-ring (bicyclic) bond motifs is 1. The van der Waals surface area contributed by atoms with E-state index in [0.717, 1.165) is 17.5 Å². The van der Waals surface area contributed by atoms with Gasteiger partial charge in [0.2, 0.25) is 5.91 Å². The van der Waals surface area contributed by atoms with Gasteiger partial charge in [-0.2, -0.15) is 10.2 Å². The zero-order valence-electron chi connectivity index (χ0n) is 16.9. The Labute approximate surface area is 173 Å². The molecule has 4 rings (SSSR count). The average Bonchev–Trinajstić information content (AvgIpc) is 3.23. The van der Waals surface area contributed by atoms with Crippen molar-refractivity contribution in [1.82, 2.24) is 29.7 Å². The van der Waals surface area contributed by atoms with E-state index in [1.807, 2.05) is 18.2 Å². The summed E-state index contributed by atoms with van der Waals surface area (Å²) in [5, 5.41) is 11.6. The third-order valence-electron chi connectivity index (χ3n) is 4.90. The first-order valence-electron chi connectivity index (χ1n) is 9.77. The molecule has 1 aromatic carbocycles. The van der Waals surface area contributed by atoms with Crippen LogP contribution in [0.3, 0.4) is 0 Å². The molecule has 3 aromatic heterocycles. The lowest BCUT2D eigenvalue weighted by atomic mass is 10.1. The molecule has 8 heteroatoms. The van der Waals surface area contributed by atoms with Gasteiger partial charge in [-0.05, 0) is 36.6 Å². The van der Waals surface area contributed by atoms with E-state index in [2.05, 4.69) is 39.6 Å². The van der Waals surface area contributed by atoms with Gasteiger partial charge in [0.05, 0.1) is 5.69 Å². The van der Waals surface area contributed by atoms with E-state index < -0.39 is 0 Å². The number of carbonyl (C=O) groups is 1. The van der Waals surface area contributed by atoms with Crippen LogP contribution >= 0.6 is 0 Å². The van der Waals surface area contributed by atoms with E-state index in [4.69, 9.17) is 0 Å². The monoisotopic (exact) mass is 402 g/mol. The molecular formula is C22H22N6O2. The van der Waals surface area contributed by atoms with Gasteiger partial charge in [0.1, 0.15) is 17.9 Å². The number of aryl methyl sites for hydroxylation is 2. The van der Waals surface area contributed by atoms with Crippen molar-refractivity contribution in [1.29, 1.82) is 0 Å². The van der Waals surface area contributed by atoms with Crippen molar-refractivity contribution in [3.05, 3.63) is 82.2 Å². The highest BCUT2D eigenvalue weighted by atomic mass is 16.2. The highest BCUT2D eigenvalue weighted by Gasteiger charge is 2.14. The predicted molar refractivity (Wildman–Crippen MR) is 113 cm³/mol. The fourth-order valence-electron chi connectivity index (χ4n) is 3.23. The number of aromatic nitrogens is 5. The van der Waals surface area contributed by atoms with E-state index in [-0.39, 0.29) is 18.0 Å². The van der Waals surface area contributed by atoms with Crippen LogP contribution in [0.1, 0.15) is 23.9 Å². The first kappa shape index (κ1) is 19.5. The molecule has 0 unspecified atom stereocenters. The highest BCUT2D eigenvalue weighted by Crippen LogP contribution is 2.19. The largest absolute Gasteiger partial charge is 0.350 e. The van der Waals surface area contributed by atoms with Gasteiger partial charge in [-0.15, -0.1) is 0 Å². The molecule has 0 saturated heterocycles. The number of pyridine rings is 1. The molecule has 8 nitrogen and oxygen atoms in total. The number of rotatable bonds is 6. The summed E-state index contributed by atoms with van der Waals surface area (Å²) < 4.78 is 2.70. The van der Waals surface area contributed by atoms with Crippen LogP contribution in [0.15, 0.2) is 59.7 Å². The van der Waals surface area contributed by atoms with E-state index in [0.29, 0.717) is 23.6 Å². The second kappa shape index (κ2) is 8.28. The summed E-state index contributed by atoms with van der Waals surface area (Å²) in [4.78, 5) is 29.2. The first-order valence-corrected chi connectivity index (χ1v) is 9.77. The van der Waals surface area contributed by atoms with Crippen LogP contribution in [0.4, 0.5) is 0 Å². The van der Waals surface area contributed by atoms with Gasteiger partial charge in [-0.25, -0.2) is 9.20 Å². The van der Waals surface area contributed by atoms with Crippen LogP contribution in [0.5, 0.6) is 0 Å². The average molecular weight is 402 g/mol. The smallest absolute Gasteiger partial charge is 0.293 e. The summed E-state index contributed by atoms with van der Waals surface area (Å²) in [5.74, 6) is 0.230. The fraction of sp³-hybridized carbons (Fsp3) is 0.227. The Hall–Kier alpha value is -3.81. The lowest BCUT2D eigenvalue weighted by Gasteiger charge is -2.08. The van der Waals surface area contributed by atoms with Gasteiger partial charge in [-0.1, -0.05) is 37.3 Å². The van der Waals surface area contributed by atoms with E-state index in [9.17, 15) is 9.59 Å². The molecule has 30 heavy (non-hydrogen) atoms. The van der Waals surface area contributed by atoms with Crippen molar-refractivity contribution in [3.63, 3.8) is 0 Å². The Bertz CT molecular complexity index is 1240. The molecule has 3 heterocycles. The quantitative estimate of drug-likeness (QED) is 0.533. The predicted octanol–water partition coefficient (Wildman–Crippen LogP) is 2.14. The Morgan fingerprint density at radius 3 is 2.60 bits per heavy atom. The standard InChI is InChI=1S/C22H22N6O2/c1-3-16-6-8-18(9-7-16)19-11-20-22(30)27(25-15(2)28(20)26-19)14-21(29)24-13-17-5-4-10-23-12-17/h4-12H,3,13-14H2,1-2H3,(H,24,29). The van der Waals surface area contributed by atoms with Crippen molar-refractivity contribution < 1.29 is 4.79 Å². The summed E-state index contributed by atoms with van der Waals surface area (Å²) in [5.41, 5.74) is 3.76. The van der Waals surface area contributed by atoms with Gasteiger partial charge in [0, 0.05) is 24.5 Å². The molecule has 1 amide bonds. The summed E-state index contributed by atoms with van der Waals surface area (Å²) in [6.07, 6.45) is 4.31. The minimum atomic E-state index is -0.360. The molecule has 0 aliphatic carbocycles. The molecule has 0 atom stereocenters. The second-order valence-electron chi connectivity index (χ2n) is 7.03. The van der Waals surface area contributed by atoms with Crippen LogP contribution in [0.25, 0.3) is 16.8 Å². The van der Waals surface area contributed by atoms with Crippen molar-refractivity contribution in [3.8, 4) is 11.3 Å². The summed E-state index contributed by atoms with van der Waals surface area (Å²) in [6.45, 7) is 4.03. The molecule has 0 fully saturated rings. The third kappa shape index (κ3) is 3.98. The number of amides is 1. The lowest BCUT2D eigenvalue weighted by molar-refractivity contribution is -0.122. The van der Waals surface area contributed by atoms with E-state index in [1.165, 1.54) is 14.8 Å². The van der Waals surface area contributed by atoms with Crippen LogP contribution in [0, 0.1) is 6.92 Å². The third-order valence-corrected chi connectivity index (χ3v) is 4.90. The van der Waals surface area contributed by atoms with Gasteiger partial charge in [0.25, 0.3) is 5.56 Å². The Morgan fingerprint density at radius 1 is 1.10 bits per heavy atom. The van der Waals surface area contributed by atoms with Crippen molar-refractivity contribution >= 4 is 11.4 Å². The summed E-state index contributed by atoms with van der Waals surface area (Å²) in [6, 6.07) is 13.5. The first-order chi connectivity index (χ1) is 14.5. The maximum atomic E-state index is 12.9. The summed E-state index contributed by atoms with van der Waals surface area (Å²) >= 11 is 0. The molecule has 0 radical (unpaired) electrons. The zero-order valence-corrected chi connectivity index (χ0v) is 16.9. The van der Waals surface area contributed by atoms with Crippen LogP contribution in [-0.4, -0.2) is 30.3 Å². The van der Waals surface area contributed by atoms with Gasteiger partial charge < -0.3 is 5.32 Å². The lowest BCUT2D eigenvalue weighted by Crippen LogP contribution is -2.34. The zero-order chi connectivity index (χ0) is 21.1. The fourth-order valence-corrected chi connectivity index (χ4v) is 3.23. The Kier molecular flexibility index (Phi) is 5.38. The molecular weight excluding hydrogens is 380 g/mol. The topological polar surface area (TPSA) is 94.2 Å². The minimum absolute atomic E-state index is 0.165. The van der Waals surface area contributed by atoms with E-state index >= 15 is 0 Å². The number of nitrogens with one attached hydrogen (secondary N) is 1. The maximum absolute atomic E-state index is 12.9. The van der Waals surface area contributed by atoms with Gasteiger partial charge in [0.15, 0.2) is 0 Å². The van der Waals surface area contributed by atoms with Gasteiger partial charge >= 0.3 is 0 Å². The number of benzene rings is 1. The Balaban J connectivity index is 1.58. The van der Waals surface area contributed by atoms with Crippen LogP contribution in [0.2, 0.25) is 0 Å². The molecule has 0 spiro atoms. The molecule has 4 aromatic rings. The van der Waals surface area contributed by atoms with Crippen molar-refractivity contribution in [2.24, 2.45) is 0 Å².